The lowest BCUT2D eigenvalue weighted by molar-refractivity contribution is 0.0908. The summed E-state index contributed by atoms with van der Waals surface area (Å²) in [6, 6.07) is 12.7. The van der Waals surface area contributed by atoms with Crippen LogP contribution in [0.1, 0.15) is 18.5 Å². The van der Waals surface area contributed by atoms with Gasteiger partial charge in [0.1, 0.15) is 5.65 Å². The Balaban J connectivity index is 1.36. The van der Waals surface area contributed by atoms with Crippen LogP contribution in [0.5, 0.6) is 0 Å². The van der Waals surface area contributed by atoms with Crippen LogP contribution in [-0.4, -0.2) is 44.5 Å². The van der Waals surface area contributed by atoms with Gasteiger partial charge in [-0.1, -0.05) is 18.2 Å². The third-order valence-corrected chi connectivity index (χ3v) is 6.37. The van der Waals surface area contributed by atoms with Gasteiger partial charge in [0.15, 0.2) is 0 Å². The second-order valence-electron chi connectivity index (χ2n) is 8.19. The largest absolute Gasteiger partial charge is 0.377 e. The summed E-state index contributed by atoms with van der Waals surface area (Å²) in [4.78, 5) is 20.5. The molecule has 7 nitrogen and oxygen atoms in total. The molecule has 7 heteroatoms. The van der Waals surface area contributed by atoms with Crippen LogP contribution in [0.25, 0.3) is 16.4 Å². The van der Waals surface area contributed by atoms with Gasteiger partial charge in [0.05, 0.1) is 54.8 Å². The maximum atomic E-state index is 13.4. The van der Waals surface area contributed by atoms with E-state index in [0.29, 0.717) is 25.0 Å². The van der Waals surface area contributed by atoms with E-state index in [0.717, 1.165) is 53.9 Å². The molecule has 0 aliphatic carbocycles. The number of morpholine rings is 1. The zero-order valence-electron chi connectivity index (χ0n) is 16.6. The Bertz CT molecular complexity index is 1240. The number of aromatic nitrogens is 4. The third-order valence-electron chi connectivity index (χ3n) is 6.37. The number of hydrogen-bond acceptors (Lipinski definition) is 5. The zero-order valence-corrected chi connectivity index (χ0v) is 16.6. The standard InChI is InChI=1S/C23H23N5O2/c29-23-22-16(4-3-5-20(22)28-18-7-8-19(28)15-30-14-18)12-24-27(23)11-9-17-13-26-10-2-1-6-21(26)25-17/h1-6,10,12-13,18-19H,7-9,11,14-15H2. The molecule has 0 N–H and O–H groups in total. The molecule has 0 saturated carbocycles. The van der Waals surface area contributed by atoms with E-state index in [1.807, 2.05) is 53.3 Å². The quantitative estimate of drug-likeness (QED) is 0.526. The van der Waals surface area contributed by atoms with E-state index < -0.39 is 0 Å². The van der Waals surface area contributed by atoms with E-state index in [2.05, 4.69) is 21.0 Å². The molecule has 1 aromatic carbocycles. The topological polar surface area (TPSA) is 64.7 Å². The Morgan fingerprint density at radius 3 is 2.77 bits per heavy atom. The van der Waals surface area contributed by atoms with Crippen LogP contribution in [-0.2, 0) is 17.7 Å². The molecular formula is C23H23N5O2. The fourth-order valence-corrected chi connectivity index (χ4v) is 4.94. The van der Waals surface area contributed by atoms with Crippen molar-refractivity contribution in [3.63, 3.8) is 0 Å². The van der Waals surface area contributed by atoms with Gasteiger partial charge >= 0.3 is 0 Å². The first kappa shape index (κ1) is 17.7. The van der Waals surface area contributed by atoms with E-state index >= 15 is 0 Å². The summed E-state index contributed by atoms with van der Waals surface area (Å²) >= 11 is 0. The smallest absolute Gasteiger partial charge is 0.276 e. The van der Waals surface area contributed by atoms with Crippen LogP contribution in [0.15, 0.2) is 59.8 Å². The Kier molecular flexibility index (Phi) is 4.09. The van der Waals surface area contributed by atoms with Crippen molar-refractivity contribution < 1.29 is 4.74 Å². The molecule has 30 heavy (non-hydrogen) atoms. The highest BCUT2D eigenvalue weighted by molar-refractivity contribution is 5.93. The average Bonchev–Trinajstić information content (AvgIpc) is 3.30. The van der Waals surface area contributed by atoms with Crippen molar-refractivity contribution in [2.75, 3.05) is 18.1 Å². The predicted octanol–water partition coefficient (Wildman–Crippen LogP) is 2.65. The number of ether oxygens (including phenoxy) is 1. The number of nitrogens with zero attached hydrogens (tertiary/aromatic N) is 5. The molecular weight excluding hydrogens is 378 g/mol. The van der Waals surface area contributed by atoms with Crippen LogP contribution >= 0.6 is 0 Å². The minimum Gasteiger partial charge on any atom is -0.377 e. The molecule has 0 amide bonds. The van der Waals surface area contributed by atoms with Crippen molar-refractivity contribution in [1.29, 1.82) is 0 Å². The fraction of sp³-hybridized carbons (Fsp3) is 0.348. The summed E-state index contributed by atoms with van der Waals surface area (Å²) in [5.74, 6) is 0. The molecule has 2 fully saturated rings. The SMILES string of the molecule is O=c1c2c(N3C4CCC3COC4)cccc2cnn1CCc1cn2ccccc2n1. The molecule has 152 valence electrons. The molecule has 0 radical (unpaired) electrons. The zero-order chi connectivity index (χ0) is 20.1. The summed E-state index contributed by atoms with van der Waals surface area (Å²) in [5, 5.41) is 6.10. The lowest BCUT2D eigenvalue weighted by Gasteiger charge is -2.37. The van der Waals surface area contributed by atoms with Crippen molar-refractivity contribution in [2.45, 2.75) is 37.9 Å². The Morgan fingerprint density at radius 1 is 1.07 bits per heavy atom. The molecule has 3 aromatic heterocycles. The van der Waals surface area contributed by atoms with Gasteiger partial charge in [-0.05, 0) is 31.0 Å². The van der Waals surface area contributed by atoms with Crippen molar-refractivity contribution in [3.05, 3.63) is 71.0 Å². The maximum Gasteiger partial charge on any atom is 0.276 e. The van der Waals surface area contributed by atoms with Crippen molar-refractivity contribution in [3.8, 4) is 0 Å². The highest BCUT2D eigenvalue weighted by Gasteiger charge is 2.38. The first-order chi connectivity index (χ1) is 14.8. The number of imidazole rings is 1. The second kappa shape index (κ2) is 6.95. The Morgan fingerprint density at radius 2 is 1.93 bits per heavy atom. The van der Waals surface area contributed by atoms with E-state index in [-0.39, 0.29) is 5.56 Å². The Labute approximate surface area is 173 Å². The van der Waals surface area contributed by atoms with E-state index in [9.17, 15) is 4.79 Å². The van der Waals surface area contributed by atoms with E-state index in [1.165, 1.54) is 0 Å². The van der Waals surface area contributed by atoms with Crippen molar-refractivity contribution >= 4 is 22.1 Å². The molecule has 2 unspecified atom stereocenters. The summed E-state index contributed by atoms with van der Waals surface area (Å²) in [6.07, 6.45) is 8.70. The van der Waals surface area contributed by atoms with E-state index in [1.54, 1.807) is 4.68 Å². The number of benzene rings is 1. The van der Waals surface area contributed by atoms with Gasteiger partial charge in [-0.25, -0.2) is 9.67 Å². The summed E-state index contributed by atoms with van der Waals surface area (Å²) < 4.78 is 9.32. The van der Waals surface area contributed by atoms with E-state index in [4.69, 9.17) is 4.74 Å². The normalized spacial score (nSPS) is 21.0. The highest BCUT2D eigenvalue weighted by Crippen LogP contribution is 2.36. The van der Waals surface area contributed by atoms with Crippen molar-refractivity contribution in [1.82, 2.24) is 19.2 Å². The van der Waals surface area contributed by atoms with Crippen LogP contribution < -0.4 is 10.5 Å². The number of hydrogen-bond donors (Lipinski definition) is 0. The summed E-state index contributed by atoms with van der Waals surface area (Å²) in [5.41, 5.74) is 2.86. The summed E-state index contributed by atoms with van der Waals surface area (Å²) in [6.45, 7) is 1.98. The van der Waals surface area contributed by atoms with Crippen LogP contribution in [0.2, 0.25) is 0 Å². The number of rotatable bonds is 4. The first-order valence-electron chi connectivity index (χ1n) is 10.6. The Hall–Kier alpha value is -3.19. The van der Waals surface area contributed by atoms with Gasteiger partial charge in [-0.3, -0.25) is 4.79 Å². The monoisotopic (exact) mass is 401 g/mol. The second-order valence-corrected chi connectivity index (χ2v) is 8.19. The lowest BCUT2D eigenvalue weighted by Crippen LogP contribution is -2.46. The minimum atomic E-state index is -0.0299. The van der Waals surface area contributed by atoms with Gasteiger partial charge < -0.3 is 14.0 Å². The average molecular weight is 401 g/mol. The first-order valence-corrected chi connectivity index (χ1v) is 10.6. The molecule has 0 spiro atoms. The van der Waals surface area contributed by atoms with Gasteiger partial charge in [0, 0.05) is 24.2 Å². The van der Waals surface area contributed by atoms with Gasteiger partial charge in [-0.2, -0.15) is 5.10 Å². The predicted molar refractivity (Wildman–Crippen MR) is 115 cm³/mol. The minimum absolute atomic E-state index is 0.0299. The lowest BCUT2D eigenvalue weighted by atomic mass is 10.1. The van der Waals surface area contributed by atoms with Crippen LogP contribution in [0.3, 0.4) is 0 Å². The number of pyridine rings is 1. The third kappa shape index (κ3) is 2.81. The molecule has 2 atom stereocenters. The molecule has 4 aromatic rings. The molecule has 5 heterocycles. The highest BCUT2D eigenvalue weighted by atomic mass is 16.5. The molecule has 2 aliphatic heterocycles. The number of anilines is 1. The van der Waals surface area contributed by atoms with Crippen LogP contribution in [0.4, 0.5) is 5.69 Å². The number of aryl methyl sites for hydroxylation is 2. The summed E-state index contributed by atoms with van der Waals surface area (Å²) in [7, 11) is 0. The molecule has 6 rings (SSSR count). The van der Waals surface area contributed by atoms with Crippen molar-refractivity contribution in [2.24, 2.45) is 0 Å². The van der Waals surface area contributed by atoms with Gasteiger partial charge in [0.25, 0.3) is 5.56 Å². The number of fused-ring (bicyclic) bond motifs is 4. The van der Waals surface area contributed by atoms with Gasteiger partial charge in [-0.15, -0.1) is 0 Å². The molecule has 2 saturated heterocycles. The maximum absolute atomic E-state index is 13.4. The van der Waals surface area contributed by atoms with Crippen LogP contribution in [0, 0.1) is 0 Å². The molecule has 2 aliphatic rings. The fourth-order valence-electron chi connectivity index (χ4n) is 4.94. The van der Waals surface area contributed by atoms with Gasteiger partial charge in [0.2, 0.25) is 0 Å². The molecule has 2 bridgehead atoms.